The van der Waals surface area contributed by atoms with E-state index in [-0.39, 0.29) is 0 Å². The summed E-state index contributed by atoms with van der Waals surface area (Å²) in [6, 6.07) is 4.80. The number of ether oxygens (including phenoxy) is 1. The predicted octanol–water partition coefficient (Wildman–Crippen LogP) is 1.61. The van der Waals surface area contributed by atoms with Crippen molar-refractivity contribution in [1.82, 2.24) is 0 Å². The fourth-order valence-corrected chi connectivity index (χ4v) is 1.91. The first kappa shape index (κ1) is 15.0. The molecule has 2 unspecified atom stereocenters. The number of aliphatic hydroxyl groups is 2. The van der Waals surface area contributed by atoms with Gasteiger partial charge in [-0.05, 0) is 36.8 Å². The third kappa shape index (κ3) is 3.73. The molecule has 1 rings (SSSR count). The van der Waals surface area contributed by atoms with Gasteiger partial charge in [-0.25, -0.2) is 0 Å². The van der Waals surface area contributed by atoms with Gasteiger partial charge in [0.1, 0.15) is 11.9 Å². The van der Waals surface area contributed by atoms with Crippen molar-refractivity contribution < 1.29 is 19.7 Å². The molecule has 0 amide bonds. The molecule has 2 N–H and O–H groups in total. The SMILES string of the molecule is CCOc1ccc(C(O)C(O)CCS)cc1C=O. The Hall–Kier alpha value is -1.04. The Bertz CT molecular complexity index is 395. The standard InChI is InChI=1S/C13H18O4S/c1-2-17-12-4-3-9(7-10(12)8-14)13(16)11(15)5-6-18/h3-4,7-8,11,13,15-16,18H,2,5-6H2,1H3. The third-order valence-corrected chi connectivity index (χ3v) is 2.85. The second kappa shape index (κ2) is 7.41. The van der Waals surface area contributed by atoms with Crippen LogP contribution in [0.2, 0.25) is 0 Å². The van der Waals surface area contributed by atoms with E-state index in [4.69, 9.17) is 4.74 Å². The summed E-state index contributed by atoms with van der Waals surface area (Å²) in [6.45, 7) is 2.29. The monoisotopic (exact) mass is 270 g/mol. The van der Waals surface area contributed by atoms with E-state index in [2.05, 4.69) is 12.6 Å². The summed E-state index contributed by atoms with van der Waals surface area (Å²) in [5.41, 5.74) is 0.862. The Kier molecular flexibility index (Phi) is 6.18. The average Bonchev–Trinajstić information content (AvgIpc) is 2.39. The Morgan fingerprint density at radius 3 is 2.72 bits per heavy atom. The molecule has 0 heterocycles. The summed E-state index contributed by atoms with van der Waals surface area (Å²) >= 11 is 4.00. The van der Waals surface area contributed by atoms with Crippen LogP contribution < -0.4 is 4.74 Å². The molecule has 0 bridgehead atoms. The molecule has 0 fully saturated rings. The van der Waals surface area contributed by atoms with Gasteiger partial charge in [-0.2, -0.15) is 12.6 Å². The van der Waals surface area contributed by atoms with Gasteiger partial charge in [0.2, 0.25) is 0 Å². The van der Waals surface area contributed by atoms with Crippen molar-refractivity contribution >= 4 is 18.9 Å². The molecule has 1 aromatic rings. The number of carbonyl (C=O) groups is 1. The Balaban J connectivity index is 2.93. The number of thiol groups is 1. The van der Waals surface area contributed by atoms with Crippen molar-refractivity contribution in [2.45, 2.75) is 25.6 Å². The number of aldehydes is 1. The highest BCUT2D eigenvalue weighted by Crippen LogP contribution is 2.25. The summed E-state index contributed by atoms with van der Waals surface area (Å²) in [6.07, 6.45) is -0.855. The van der Waals surface area contributed by atoms with Gasteiger partial charge in [-0.15, -0.1) is 0 Å². The van der Waals surface area contributed by atoms with E-state index >= 15 is 0 Å². The van der Waals surface area contributed by atoms with E-state index in [0.29, 0.717) is 41.9 Å². The van der Waals surface area contributed by atoms with Gasteiger partial charge < -0.3 is 14.9 Å². The molecular formula is C13H18O4S. The maximum Gasteiger partial charge on any atom is 0.153 e. The van der Waals surface area contributed by atoms with Gasteiger partial charge in [-0.3, -0.25) is 4.79 Å². The first-order chi connectivity index (χ1) is 8.63. The Labute approximate surface area is 112 Å². The summed E-state index contributed by atoms with van der Waals surface area (Å²) in [7, 11) is 0. The fourth-order valence-electron chi connectivity index (χ4n) is 1.64. The molecule has 1 aromatic carbocycles. The lowest BCUT2D eigenvalue weighted by molar-refractivity contribution is 0.0172. The minimum absolute atomic E-state index is 0.367. The van der Waals surface area contributed by atoms with Crippen molar-refractivity contribution in [2.75, 3.05) is 12.4 Å². The lowest BCUT2D eigenvalue weighted by Crippen LogP contribution is -2.18. The maximum absolute atomic E-state index is 10.9. The fraction of sp³-hybridized carbons (Fsp3) is 0.462. The van der Waals surface area contributed by atoms with Crippen LogP contribution in [0.4, 0.5) is 0 Å². The molecule has 0 spiro atoms. The zero-order valence-corrected chi connectivity index (χ0v) is 11.1. The van der Waals surface area contributed by atoms with Gasteiger partial charge in [-0.1, -0.05) is 6.07 Å². The molecule has 0 saturated heterocycles. The molecule has 18 heavy (non-hydrogen) atoms. The number of carbonyl (C=O) groups excluding carboxylic acids is 1. The van der Waals surface area contributed by atoms with E-state index in [0.717, 1.165) is 0 Å². The lowest BCUT2D eigenvalue weighted by Gasteiger charge is -2.18. The second-order valence-corrected chi connectivity index (χ2v) is 4.32. The molecular weight excluding hydrogens is 252 g/mol. The largest absolute Gasteiger partial charge is 0.493 e. The van der Waals surface area contributed by atoms with Crippen LogP contribution in [0.25, 0.3) is 0 Å². The zero-order chi connectivity index (χ0) is 13.5. The van der Waals surface area contributed by atoms with Crippen LogP contribution in [-0.2, 0) is 0 Å². The maximum atomic E-state index is 10.9. The van der Waals surface area contributed by atoms with Crippen molar-refractivity contribution in [3.05, 3.63) is 29.3 Å². The van der Waals surface area contributed by atoms with Crippen LogP contribution >= 0.6 is 12.6 Å². The molecule has 5 heteroatoms. The zero-order valence-electron chi connectivity index (χ0n) is 10.2. The van der Waals surface area contributed by atoms with Crippen molar-refractivity contribution in [2.24, 2.45) is 0 Å². The van der Waals surface area contributed by atoms with Crippen molar-refractivity contribution in [3.63, 3.8) is 0 Å². The highest BCUT2D eigenvalue weighted by molar-refractivity contribution is 7.80. The number of hydrogen-bond acceptors (Lipinski definition) is 5. The van der Waals surface area contributed by atoms with Gasteiger partial charge >= 0.3 is 0 Å². The third-order valence-electron chi connectivity index (χ3n) is 2.59. The molecule has 0 aliphatic carbocycles. The number of benzene rings is 1. The van der Waals surface area contributed by atoms with E-state index in [9.17, 15) is 15.0 Å². The molecule has 0 aromatic heterocycles. The summed E-state index contributed by atoms with van der Waals surface area (Å²) in [5, 5.41) is 19.6. The van der Waals surface area contributed by atoms with E-state index < -0.39 is 12.2 Å². The van der Waals surface area contributed by atoms with Crippen LogP contribution in [-0.4, -0.2) is 35.0 Å². The quantitative estimate of drug-likeness (QED) is 0.520. The van der Waals surface area contributed by atoms with E-state index in [1.165, 1.54) is 6.07 Å². The summed E-state index contributed by atoms with van der Waals surface area (Å²) in [4.78, 5) is 10.9. The Morgan fingerprint density at radius 1 is 1.44 bits per heavy atom. The molecule has 0 radical (unpaired) electrons. The Morgan fingerprint density at radius 2 is 2.17 bits per heavy atom. The lowest BCUT2D eigenvalue weighted by atomic mass is 10.0. The van der Waals surface area contributed by atoms with Crippen LogP contribution in [0.15, 0.2) is 18.2 Å². The molecule has 4 nitrogen and oxygen atoms in total. The smallest absolute Gasteiger partial charge is 0.153 e. The van der Waals surface area contributed by atoms with Crippen LogP contribution in [0.5, 0.6) is 5.75 Å². The van der Waals surface area contributed by atoms with Gasteiger partial charge in [0.25, 0.3) is 0 Å². The van der Waals surface area contributed by atoms with E-state index in [1.54, 1.807) is 12.1 Å². The normalized spacial score (nSPS) is 14.0. The second-order valence-electron chi connectivity index (χ2n) is 3.87. The average molecular weight is 270 g/mol. The first-order valence-corrected chi connectivity index (χ1v) is 6.46. The number of rotatable bonds is 7. The highest BCUT2D eigenvalue weighted by Gasteiger charge is 2.18. The molecule has 2 atom stereocenters. The molecule has 100 valence electrons. The minimum Gasteiger partial charge on any atom is -0.493 e. The van der Waals surface area contributed by atoms with Gasteiger partial charge in [0, 0.05) is 0 Å². The van der Waals surface area contributed by atoms with Crippen LogP contribution in [0.1, 0.15) is 35.4 Å². The summed E-state index contributed by atoms with van der Waals surface area (Å²) < 4.78 is 5.28. The van der Waals surface area contributed by atoms with Crippen LogP contribution in [0.3, 0.4) is 0 Å². The molecule has 0 aliphatic heterocycles. The minimum atomic E-state index is -1.02. The van der Waals surface area contributed by atoms with Crippen molar-refractivity contribution in [1.29, 1.82) is 0 Å². The van der Waals surface area contributed by atoms with Gasteiger partial charge in [0.05, 0.1) is 18.3 Å². The number of aliphatic hydroxyl groups excluding tert-OH is 2. The van der Waals surface area contributed by atoms with Crippen LogP contribution in [0, 0.1) is 0 Å². The molecule has 0 aliphatic rings. The number of hydrogen-bond donors (Lipinski definition) is 3. The van der Waals surface area contributed by atoms with Crippen molar-refractivity contribution in [3.8, 4) is 5.75 Å². The molecule has 0 saturated carbocycles. The topological polar surface area (TPSA) is 66.8 Å². The predicted molar refractivity (Wildman–Crippen MR) is 72.4 cm³/mol. The highest BCUT2D eigenvalue weighted by atomic mass is 32.1. The first-order valence-electron chi connectivity index (χ1n) is 5.83. The summed E-state index contributed by atoms with van der Waals surface area (Å²) in [5.74, 6) is 0.961. The van der Waals surface area contributed by atoms with E-state index in [1.807, 2.05) is 6.92 Å². The van der Waals surface area contributed by atoms with Gasteiger partial charge in [0.15, 0.2) is 6.29 Å².